The van der Waals surface area contributed by atoms with Crippen LogP contribution in [0.4, 0.5) is 5.82 Å². The van der Waals surface area contributed by atoms with Crippen LogP contribution in [-0.4, -0.2) is 42.6 Å². The van der Waals surface area contributed by atoms with Crippen LogP contribution in [0, 0.1) is 0 Å². The van der Waals surface area contributed by atoms with E-state index in [9.17, 15) is 4.79 Å². The maximum Gasteiger partial charge on any atom is 0.254 e. The van der Waals surface area contributed by atoms with Gasteiger partial charge in [0, 0.05) is 30.8 Å². The molecule has 1 rings (SSSR count). The molecule has 0 bridgehead atoms. The molecule has 21 heavy (non-hydrogen) atoms. The molecule has 0 aliphatic rings. The van der Waals surface area contributed by atoms with Crippen molar-refractivity contribution < 1.29 is 9.53 Å². The summed E-state index contributed by atoms with van der Waals surface area (Å²) in [4.78, 5) is 18.7. The summed E-state index contributed by atoms with van der Waals surface area (Å²) in [6.45, 7) is 8.56. The minimum Gasteiger partial charge on any atom is -0.383 e. The van der Waals surface area contributed by atoms with Gasteiger partial charge in [0.1, 0.15) is 5.82 Å². The predicted molar refractivity (Wildman–Crippen MR) is 84.2 cm³/mol. The fraction of sp³-hybridized carbons (Fsp3) is 0.600. The molecule has 0 aliphatic heterocycles. The molecule has 0 radical (unpaired) electrons. The Kier molecular flexibility index (Phi) is 5.69. The van der Waals surface area contributed by atoms with Crippen molar-refractivity contribution in [3.63, 3.8) is 0 Å². The summed E-state index contributed by atoms with van der Waals surface area (Å²) >= 11 is 0. The molecule has 1 aromatic rings. The number of anilines is 1. The quantitative estimate of drug-likeness (QED) is 0.639. The van der Waals surface area contributed by atoms with Crippen molar-refractivity contribution in [3.05, 3.63) is 23.4 Å². The van der Waals surface area contributed by atoms with E-state index in [1.54, 1.807) is 25.1 Å². The number of nitrogens with one attached hydrogen (secondary N) is 1. The normalized spacial score (nSPS) is 12.9. The van der Waals surface area contributed by atoms with E-state index in [1.165, 1.54) is 0 Å². The molecule has 0 aliphatic carbocycles. The molecule has 0 aromatic carbocycles. The van der Waals surface area contributed by atoms with Crippen molar-refractivity contribution in [3.8, 4) is 0 Å². The van der Waals surface area contributed by atoms with Gasteiger partial charge in [0.15, 0.2) is 0 Å². The molecular formula is C15H26N4O2. The fourth-order valence-corrected chi connectivity index (χ4v) is 1.87. The molecule has 3 N–H and O–H groups in total. The van der Waals surface area contributed by atoms with E-state index in [2.05, 4.69) is 10.4 Å². The van der Waals surface area contributed by atoms with Gasteiger partial charge in [0.25, 0.3) is 5.91 Å². The average Bonchev–Trinajstić information content (AvgIpc) is 2.44. The van der Waals surface area contributed by atoms with E-state index in [-0.39, 0.29) is 17.4 Å². The zero-order valence-corrected chi connectivity index (χ0v) is 13.7. The molecule has 0 saturated heterocycles. The molecular weight excluding hydrogens is 268 g/mol. The number of rotatable bonds is 5. The fourth-order valence-electron chi connectivity index (χ4n) is 1.87. The molecule has 118 valence electrons. The summed E-state index contributed by atoms with van der Waals surface area (Å²) in [6.07, 6.45) is 0. The highest BCUT2D eigenvalue weighted by atomic mass is 16.5. The lowest BCUT2D eigenvalue weighted by Gasteiger charge is -2.25. The summed E-state index contributed by atoms with van der Waals surface area (Å²) in [5.74, 6) is 5.86. The first-order valence-electron chi connectivity index (χ1n) is 6.96. The minimum absolute atomic E-state index is 0.0111. The highest BCUT2D eigenvalue weighted by Crippen LogP contribution is 2.24. The Morgan fingerprint density at radius 1 is 1.48 bits per heavy atom. The van der Waals surface area contributed by atoms with Gasteiger partial charge < -0.3 is 15.1 Å². The summed E-state index contributed by atoms with van der Waals surface area (Å²) in [5, 5.41) is 0. The number of nitrogens with two attached hydrogens (primary N) is 1. The van der Waals surface area contributed by atoms with Crippen molar-refractivity contribution in [2.45, 2.75) is 39.2 Å². The van der Waals surface area contributed by atoms with Crippen LogP contribution in [0.1, 0.15) is 43.7 Å². The molecule has 6 heteroatoms. The number of amides is 1. The number of hydrogen-bond acceptors (Lipinski definition) is 5. The Morgan fingerprint density at radius 2 is 2.10 bits per heavy atom. The zero-order chi connectivity index (χ0) is 16.2. The second kappa shape index (κ2) is 6.87. The lowest BCUT2D eigenvalue weighted by Crippen LogP contribution is -2.38. The number of carbonyl (C=O) groups is 1. The topological polar surface area (TPSA) is 80.5 Å². The molecule has 1 heterocycles. The minimum atomic E-state index is -0.168. The first-order chi connectivity index (χ1) is 9.70. The van der Waals surface area contributed by atoms with E-state index in [1.807, 2.05) is 33.8 Å². The van der Waals surface area contributed by atoms with Crippen molar-refractivity contribution in [1.29, 1.82) is 0 Å². The van der Waals surface area contributed by atoms with Gasteiger partial charge in [-0.2, -0.15) is 0 Å². The van der Waals surface area contributed by atoms with E-state index < -0.39 is 0 Å². The Balaban J connectivity index is 3.14. The highest BCUT2D eigenvalue weighted by Gasteiger charge is 2.22. The molecule has 1 amide bonds. The second-order valence-electron chi connectivity index (χ2n) is 6.24. The van der Waals surface area contributed by atoms with E-state index in [0.29, 0.717) is 18.0 Å². The number of ether oxygens (including phenoxy) is 1. The monoisotopic (exact) mass is 294 g/mol. The van der Waals surface area contributed by atoms with E-state index in [0.717, 1.165) is 5.69 Å². The van der Waals surface area contributed by atoms with E-state index >= 15 is 0 Å². The van der Waals surface area contributed by atoms with Crippen molar-refractivity contribution in [1.82, 2.24) is 9.88 Å². The van der Waals surface area contributed by atoms with Crippen molar-refractivity contribution in [2.75, 3.05) is 26.2 Å². The third kappa shape index (κ3) is 4.41. The molecule has 6 nitrogen and oxygen atoms in total. The third-order valence-corrected chi connectivity index (χ3v) is 3.38. The number of nitrogen functional groups attached to an aromatic ring is 1. The van der Waals surface area contributed by atoms with Gasteiger partial charge >= 0.3 is 0 Å². The van der Waals surface area contributed by atoms with Crippen LogP contribution in [0.15, 0.2) is 12.1 Å². The van der Waals surface area contributed by atoms with Crippen LogP contribution >= 0.6 is 0 Å². The smallest absolute Gasteiger partial charge is 0.254 e. The van der Waals surface area contributed by atoms with Crippen molar-refractivity contribution >= 4 is 11.7 Å². The number of carbonyl (C=O) groups excluding carboxylic acids is 1. The predicted octanol–water partition coefficient (Wildman–Crippen LogP) is 1.77. The van der Waals surface area contributed by atoms with Gasteiger partial charge in [-0.3, -0.25) is 4.79 Å². The van der Waals surface area contributed by atoms with Gasteiger partial charge in [0.05, 0.1) is 12.6 Å². The van der Waals surface area contributed by atoms with Crippen LogP contribution in [0.2, 0.25) is 0 Å². The summed E-state index contributed by atoms with van der Waals surface area (Å²) in [5.41, 5.74) is 3.73. The summed E-state index contributed by atoms with van der Waals surface area (Å²) in [7, 11) is 3.38. The molecule has 1 atom stereocenters. The van der Waals surface area contributed by atoms with Crippen LogP contribution < -0.4 is 11.3 Å². The second-order valence-corrected chi connectivity index (χ2v) is 6.24. The molecule has 0 saturated carbocycles. The number of likely N-dealkylation sites (N-methyl/N-ethyl adjacent to an activating group) is 1. The Bertz CT molecular complexity index is 497. The van der Waals surface area contributed by atoms with Gasteiger partial charge in [-0.1, -0.05) is 20.8 Å². The van der Waals surface area contributed by atoms with Crippen molar-refractivity contribution in [2.24, 2.45) is 5.84 Å². The largest absolute Gasteiger partial charge is 0.383 e. The summed E-state index contributed by atoms with van der Waals surface area (Å²) in [6, 6.07) is 3.47. The number of aromatic nitrogens is 1. The lowest BCUT2D eigenvalue weighted by atomic mass is 9.90. The van der Waals surface area contributed by atoms with Crippen LogP contribution in [0.3, 0.4) is 0 Å². The van der Waals surface area contributed by atoms with Gasteiger partial charge in [0.2, 0.25) is 0 Å². The summed E-state index contributed by atoms with van der Waals surface area (Å²) < 4.78 is 5.10. The Hall–Kier alpha value is -1.66. The molecule has 0 fully saturated rings. The number of hydrogen-bond donors (Lipinski definition) is 2. The van der Waals surface area contributed by atoms with Gasteiger partial charge in [-0.05, 0) is 19.1 Å². The lowest BCUT2D eigenvalue weighted by molar-refractivity contribution is 0.0633. The number of methoxy groups -OCH3 is 1. The number of nitrogens with zero attached hydrogens (tertiary/aromatic N) is 2. The first kappa shape index (κ1) is 17.4. The Labute approximate surface area is 126 Å². The van der Waals surface area contributed by atoms with Gasteiger partial charge in [-0.15, -0.1) is 0 Å². The maximum absolute atomic E-state index is 12.6. The maximum atomic E-state index is 12.6. The standard InChI is InChI=1S/C15H26N4O2/c1-10(9-21-6)19(5)14(20)11-7-12(15(2,3)4)17-13(8-11)18-16/h7-8,10H,9,16H2,1-6H3,(H,17,18). The zero-order valence-electron chi connectivity index (χ0n) is 13.7. The number of hydrazine groups is 1. The molecule has 1 unspecified atom stereocenters. The number of pyridine rings is 1. The van der Waals surface area contributed by atoms with Crippen LogP contribution in [0.25, 0.3) is 0 Å². The third-order valence-electron chi connectivity index (χ3n) is 3.38. The first-order valence-corrected chi connectivity index (χ1v) is 6.96. The van der Waals surface area contributed by atoms with E-state index in [4.69, 9.17) is 10.6 Å². The molecule has 1 aromatic heterocycles. The van der Waals surface area contributed by atoms with Gasteiger partial charge in [-0.25, -0.2) is 10.8 Å². The highest BCUT2D eigenvalue weighted by molar-refractivity contribution is 5.95. The van der Waals surface area contributed by atoms with Crippen LogP contribution in [0.5, 0.6) is 0 Å². The molecule has 0 spiro atoms. The van der Waals surface area contributed by atoms with Crippen LogP contribution in [-0.2, 0) is 10.2 Å². The SMILES string of the molecule is COCC(C)N(C)C(=O)c1cc(NN)nc(C(C)(C)C)c1. The average molecular weight is 294 g/mol. The Morgan fingerprint density at radius 3 is 2.57 bits per heavy atom.